The maximum Gasteiger partial charge on any atom is 0.329 e. The lowest BCUT2D eigenvalue weighted by Gasteiger charge is -2.30. The lowest BCUT2D eigenvalue weighted by atomic mass is 10.0. The zero-order valence-electron chi connectivity index (χ0n) is 20.8. The fourth-order valence-corrected chi connectivity index (χ4v) is 3.92. The molecule has 0 unspecified atom stereocenters. The van der Waals surface area contributed by atoms with Crippen LogP contribution in [-0.4, -0.2) is 58.3 Å². The Hall–Kier alpha value is -3.75. The fraction of sp³-hybridized carbons (Fsp3) is 0.423. The third kappa shape index (κ3) is 6.23. The summed E-state index contributed by atoms with van der Waals surface area (Å²) in [6, 6.07) is 9.36. The van der Waals surface area contributed by atoms with Crippen LogP contribution in [-0.2, 0) is 20.7 Å². The normalized spacial score (nSPS) is 13.5. The molecule has 2 aromatic rings. The number of amides is 2. The molecule has 1 aliphatic rings. The topological polar surface area (TPSA) is 103 Å². The zero-order chi connectivity index (χ0) is 25.5. The van der Waals surface area contributed by atoms with E-state index in [9.17, 15) is 14.4 Å². The molecule has 188 valence electrons. The van der Waals surface area contributed by atoms with Crippen LogP contribution in [0.1, 0.15) is 36.2 Å². The molecule has 0 fully saturated rings. The molecule has 0 saturated carbocycles. The van der Waals surface area contributed by atoms with Crippen molar-refractivity contribution in [1.29, 1.82) is 0 Å². The van der Waals surface area contributed by atoms with Crippen molar-refractivity contribution in [2.24, 2.45) is 5.92 Å². The molecule has 0 spiro atoms. The van der Waals surface area contributed by atoms with Crippen molar-refractivity contribution in [2.45, 2.75) is 32.7 Å². The van der Waals surface area contributed by atoms with Crippen LogP contribution in [0.25, 0.3) is 0 Å². The van der Waals surface area contributed by atoms with Gasteiger partial charge in [-0.3, -0.25) is 9.59 Å². The van der Waals surface area contributed by atoms with Gasteiger partial charge in [-0.25, -0.2) is 4.79 Å². The second-order valence-electron chi connectivity index (χ2n) is 8.55. The van der Waals surface area contributed by atoms with Gasteiger partial charge in [0.15, 0.2) is 6.61 Å². The number of carbonyl (C=O) groups excluding carboxylic acids is 3. The van der Waals surface area contributed by atoms with Crippen molar-refractivity contribution >= 4 is 23.5 Å². The minimum atomic E-state index is -0.939. The molecule has 0 aliphatic carbocycles. The smallest absolute Gasteiger partial charge is 0.329 e. The molecule has 0 bridgehead atoms. The summed E-state index contributed by atoms with van der Waals surface area (Å²) in [6.07, 6.45) is 1.64. The number of fused-ring (bicyclic) bond motifs is 1. The second-order valence-corrected chi connectivity index (χ2v) is 8.55. The lowest BCUT2D eigenvalue weighted by molar-refractivity contribution is -0.150. The van der Waals surface area contributed by atoms with Crippen LogP contribution in [0.3, 0.4) is 0 Å². The van der Waals surface area contributed by atoms with Gasteiger partial charge in [0.05, 0.1) is 21.3 Å². The molecule has 1 N–H and O–H groups in total. The van der Waals surface area contributed by atoms with Crippen LogP contribution in [0.2, 0.25) is 0 Å². The number of carbonyl (C=O) groups is 3. The quantitative estimate of drug-likeness (QED) is 0.546. The summed E-state index contributed by atoms with van der Waals surface area (Å²) in [5, 5.41) is 2.70. The van der Waals surface area contributed by atoms with Gasteiger partial charge in [-0.1, -0.05) is 13.8 Å². The van der Waals surface area contributed by atoms with Crippen molar-refractivity contribution in [3.8, 4) is 17.2 Å². The van der Waals surface area contributed by atoms with E-state index in [0.29, 0.717) is 18.0 Å². The average Bonchev–Trinajstić information content (AvgIpc) is 2.88. The molecule has 2 aromatic carbocycles. The Morgan fingerprint density at radius 1 is 0.943 bits per heavy atom. The number of hydrogen-bond donors (Lipinski definition) is 1. The summed E-state index contributed by atoms with van der Waals surface area (Å²) in [5.41, 5.74) is 2.08. The summed E-state index contributed by atoms with van der Waals surface area (Å²) in [7, 11) is 4.57. The number of methoxy groups -OCH3 is 3. The maximum atomic E-state index is 12.9. The summed E-state index contributed by atoms with van der Waals surface area (Å²) in [6.45, 7) is 3.69. The molecule has 3 rings (SSSR count). The molecular weight excluding hydrogens is 452 g/mol. The van der Waals surface area contributed by atoms with Crippen LogP contribution in [0, 0.1) is 5.92 Å². The van der Waals surface area contributed by atoms with Crippen LogP contribution in [0.4, 0.5) is 5.69 Å². The Bertz CT molecular complexity index is 1060. The Labute approximate surface area is 205 Å². The van der Waals surface area contributed by atoms with Crippen molar-refractivity contribution in [2.75, 3.05) is 39.4 Å². The molecule has 0 radical (unpaired) electrons. The predicted molar refractivity (Wildman–Crippen MR) is 130 cm³/mol. The summed E-state index contributed by atoms with van der Waals surface area (Å²) in [4.78, 5) is 40.2. The molecule has 1 atom stereocenters. The largest absolute Gasteiger partial charge is 0.497 e. The van der Waals surface area contributed by atoms with Crippen molar-refractivity contribution in [3.63, 3.8) is 0 Å². The number of ether oxygens (including phenoxy) is 4. The van der Waals surface area contributed by atoms with Gasteiger partial charge in [0, 0.05) is 23.9 Å². The Morgan fingerprint density at radius 3 is 2.20 bits per heavy atom. The number of esters is 1. The molecule has 2 amide bonds. The number of nitrogens with zero attached hydrogens (tertiary/aromatic N) is 1. The molecule has 1 aliphatic heterocycles. The SMILES string of the molecule is COc1cc(OC)cc(C(=O)N[C@H](C(=O)OCC(=O)N2CCCc3cc(OC)ccc32)C(C)C)c1. The Balaban J connectivity index is 1.66. The third-order valence-electron chi connectivity index (χ3n) is 5.87. The van der Waals surface area contributed by atoms with Crippen LogP contribution in [0.5, 0.6) is 17.2 Å². The van der Waals surface area contributed by atoms with E-state index in [1.807, 2.05) is 12.1 Å². The number of hydrogen-bond acceptors (Lipinski definition) is 7. The van der Waals surface area contributed by atoms with Crippen molar-refractivity contribution in [3.05, 3.63) is 47.5 Å². The van der Waals surface area contributed by atoms with E-state index in [1.165, 1.54) is 14.2 Å². The maximum absolute atomic E-state index is 12.9. The number of aryl methyl sites for hydroxylation is 1. The van der Waals surface area contributed by atoms with Crippen molar-refractivity contribution < 1.29 is 33.3 Å². The van der Waals surface area contributed by atoms with Gasteiger partial charge in [0.1, 0.15) is 23.3 Å². The molecule has 9 heteroatoms. The van der Waals surface area contributed by atoms with E-state index in [-0.39, 0.29) is 17.4 Å². The van der Waals surface area contributed by atoms with Gasteiger partial charge in [-0.05, 0) is 54.7 Å². The Morgan fingerprint density at radius 2 is 1.60 bits per heavy atom. The minimum absolute atomic E-state index is 0.266. The minimum Gasteiger partial charge on any atom is -0.497 e. The van der Waals surface area contributed by atoms with Crippen molar-refractivity contribution in [1.82, 2.24) is 5.32 Å². The molecule has 35 heavy (non-hydrogen) atoms. The first-order chi connectivity index (χ1) is 16.8. The van der Waals surface area contributed by atoms with Gasteiger partial charge in [0.25, 0.3) is 11.8 Å². The van der Waals surface area contributed by atoms with E-state index >= 15 is 0 Å². The van der Waals surface area contributed by atoms with E-state index in [4.69, 9.17) is 18.9 Å². The first kappa shape index (κ1) is 25.9. The predicted octanol–water partition coefficient (Wildman–Crippen LogP) is 2.99. The van der Waals surface area contributed by atoms with Gasteiger partial charge in [-0.15, -0.1) is 0 Å². The first-order valence-electron chi connectivity index (χ1n) is 11.4. The highest BCUT2D eigenvalue weighted by Crippen LogP contribution is 2.30. The highest BCUT2D eigenvalue weighted by Gasteiger charge is 2.29. The third-order valence-corrected chi connectivity index (χ3v) is 5.87. The van der Waals surface area contributed by atoms with Crippen LogP contribution < -0.4 is 24.4 Å². The zero-order valence-corrected chi connectivity index (χ0v) is 20.8. The second kappa shape index (κ2) is 11.6. The molecule has 0 aromatic heterocycles. The fourth-order valence-electron chi connectivity index (χ4n) is 3.92. The summed E-state index contributed by atoms with van der Waals surface area (Å²) >= 11 is 0. The lowest BCUT2D eigenvalue weighted by Crippen LogP contribution is -2.46. The van der Waals surface area contributed by atoms with Crippen LogP contribution >= 0.6 is 0 Å². The number of nitrogens with one attached hydrogen (secondary N) is 1. The summed E-state index contributed by atoms with van der Waals surface area (Å²) < 4.78 is 21.0. The highest BCUT2D eigenvalue weighted by atomic mass is 16.5. The molecule has 0 saturated heterocycles. The van der Waals surface area contributed by atoms with Gasteiger partial charge in [-0.2, -0.15) is 0 Å². The first-order valence-corrected chi connectivity index (χ1v) is 11.4. The van der Waals surface area contributed by atoms with E-state index in [2.05, 4.69) is 5.32 Å². The van der Waals surface area contributed by atoms with Crippen LogP contribution in [0.15, 0.2) is 36.4 Å². The number of rotatable bonds is 9. The van der Waals surface area contributed by atoms with E-state index in [0.717, 1.165) is 29.8 Å². The van der Waals surface area contributed by atoms with Gasteiger partial charge in [0.2, 0.25) is 0 Å². The molecular formula is C26H32N2O7. The van der Waals surface area contributed by atoms with Gasteiger partial charge < -0.3 is 29.2 Å². The molecule has 9 nitrogen and oxygen atoms in total. The highest BCUT2D eigenvalue weighted by molar-refractivity contribution is 5.99. The monoisotopic (exact) mass is 484 g/mol. The summed E-state index contributed by atoms with van der Waals surface area (Å²) in [5.74, 6) is -0.125. The average molecular weight is 485 g/mol. The van der Waals surface area contributed by atoms with E-state index in [1.54, 1.807) is 50.1 Å². The number of anilines is 1. The number of benzene rings is 2. The Kier molecular flexibility index (Phi) is 8.57. The van der Waals surface area contributed by atoms with Gasteiger partial charge >= 0.3 is 5.97 Å². The van der Waals surface area contributed by atoms with E-state index < -0.39 is 24.5 Å². The standard InChI is InChI=1S/C26H32N2O7/c1-16(2)24(27-25(30)18-12-20(33-4)14-21(13-18)34-5)26(31)35-15-23(29)28-10-6-7-17-11-19(32-3)8-9-22(17)28/h8-9,11-14,16,24H,6-7,10,15H2,1-5H3,(H,27,30)/t24-/m0/s1. The molecule has 1 heterocycles.